The van der Waals surface area contributed by atoms with E-state index in [-0.39, 0.29) is 5.92 Å². The molecule has 1 atom stereocenters. The summed E-state index contributed by atoms with van der Waals surface area (Å²) in [5.74, 6) is 0.231. The Morgan fingerprint density at radius 3 is 2.46 bits per heavy atom. The Hall–Kier alpha value is -1.50. The smallest absolute Gasteiger partial charge is 0.326 e. The zero-order valence-electron chi connectivity index (χ0n) is 7.12. The first-order valence-corrected chi connectivity index (χ1v) is 4.15. The molecule has 0 aromatic heterocycles. The van der Waals surface area contributed by atoms with Crippen LogP contribution in [-0.2, 0) is 9.59 Å². The SMILES string of the molecule is C#CC(=O)NC(C(=O)O)C1CCC1. The van der Waals surface area contributed by atoms with Gasteiger partial charge in [0.15, 0.2) is 0 Å². The molecule has 1 rings (SSSR count). The van der Waals surface area contributed by atoms with Gasteiger partial charge in [-0.2, -0.15) is 0 Å². The van der Waals surface area contributed by atoms with E-state index in [0.29, 0.717) is 0 Å². The fraction of sp³-hybridized carbons (Fsp3) is 0.556. The van der Waals surface area contributed by atoms with Crippen LogP contribution in [0.15, 0.2) is 0 Å². The van der Waals surface area contributed by atoms with Crippen molar-refractivity contribution in [2.75, 3.05) is 0 Å². The molecule has 0 aliphatic heterocycles. The summed E-state index contributed by atoms with van der Waals surface area (Å²) in [7, 11) is 0. The molecule has 0 heterocycles. The zero-order valence-corrected chi connectivity index (χ0v) is 7.12. The highest BCUT2D eigenvalue weighted by atomic mass is 16.4. The second-order valence-corrected chi connectivity index (χ2v) is 3.12. The van der Waals surface area contributed by atoms with Crippen LogP contribution in [0.2, 0.25) is 0 Å². The maximum absolute atomic E-state index is 10.8. The second-order valence-electron chi connectivity index (χ2n) is 3.12. The van der Waals surface area contributed by atoms with E-state index in [9.17, 15) is 9.59 Å². The molecule has 1 aliphatic rings. The molecule has 0 radical (unpaired) electrons. The van der Waals surface area contributed by atoms with Crippen LogP contribution >= 0.6 is 0 Å². The molecule has 1 amide bonds. The van der Waals surface area contributed by atoms with Gasteiger partial charge in [0.25, 0.3) is 5.91 Å². The van der Waals surface area contributed by atoms with Crippen LogP contribution in [0, 0.1) is 18.3 Å². The Labute approximate surface area is 76.3 Å². The lowest BCUT2D eigenvalue weighted by Gasteiger charge is -2.30. The fourth-order valence-corrected chi connectivity index (χ4v) is 1.34. The first kappa shape index (κ1) is 9.59. The molecule has 70 valence electrons. The molecule has 1 fully saturated rings. The number of aliphatic carboxylic acids is 1. The van der Waals surface area contributed by atoms with Gasteiger partial charge in [-0.25, -0.2) is 4.79 Å². The Kier molecular flexibility index (Phi) is 2.91. The lowest BCUT2D eigenvalue weighted by atomic mass is 9.79. The van der Waals surface area contributed by atoms with Crippen LogP contribution in [0.1, 0.15) is 19.3 Å². The number of amides is 1. The average molecular weight is 181 g/mol. The normalized spacial score (nSPS) is 18.1. The maximum atomic E-state index is 10.8. The van der Waals surface area contributed by atoms with E-state index in [1.807, 2.05) is 5.92 Å². The van der Waals surface area contributed by atoms with Gasteiger partial charge in [-0.1, -0.05) is 6.42 Å². The minimum atomic E-state index is -1.01. The molecule has 4 nitrogen and oxygen atoms in total. The lowest BCUT2D eigenvalue weighted by molar-refractivity contribution is -0.143. The van der Waals surface area contributed by atoms with Crippen molar-refractivity contribution < 1.29 is 14.7 Å². The van der Waals surface area contributed by atoms with Gasteiger partial charge < -0.3 is 10.4 Å². The number of carbonyl (C=O) groups is 2. The largest absolute Gasteiger partial charge is 0.480 e. The number of nitrogens with one attached hydrogen (secondary N) is 1. The third kappa shape index (κ3) is 2.22. The van der Waals surface area contributed by atoms with Gasteiger partial charge in [-0.05, 0) is 24.7 Å². The van der Waals surface area contributed by atoms with Crippen LogP contribution in [0.3, 0.4) is 0 Å². The van der Waals surface area contributed by atoms with Crippen LogP contribution in [0.25, 0.3) is 0 Å². The summed E-state index contributed by atoms with van der Waals surface area (Å²) in [4.78, 5) is 21.5. The van der Waals surface area contributed by atoms with Crippen LogP contribution in [0.4, 0.5) is 0 Å². The summed E-state index contributed by atoms with van der Waals surface area (Å²) in [5.41, 5.74) is 0. The van der Waals surface area contributed by atoms with E-state index in [1.165, 1.54) is 0 Å². The fourth-order valence-electron chi connectivity index (χ4n) is 1.34. The molecule has 0 bridgehead atoms. The zero-order chi connectivity index (χ0) is 9.84. The highest BCUT2D eigenvalue weighted by Gasteiger charge is 2.33. The summed E-state index contributed by atoms with van der Waals surface area (Å²) in [5, 5.41) is 11.1. The minimum Gasteiger partial charge on any atom is -0.480 e. The number of carboxylic acid groups (broad SMARTS) is 1. The molecule has 0 spiro atoms. The predicted molar refractivity (Wildman–Crippen MR) is 45.7 cm³/mol. The average Bonchev–Trinajstić information content (AvgIpc) is 1.99. The van der Waals surface area contributed by atoms with Crippen molar-refractivity contribution in [1.29, 1.82) is 0 Å². The molecule has 0 aromatic carbocycles. The van der Waals surface area contributed by atoms with E-state index in [4.69, 9.17) is 11.5 Å². The standard InChI is InChI=1S/C9H11NO3/c1-2-7(11)10-8(9(12)13)6-4-3-5-6/h1,6,8H,3-5H2,(H,10,11)(H,12,13). The van der Waals surface area contributed by atoms with E-state index in [1.54, 1.807) is 0 Å². The van der Waals surface area contributed by atoms with Gasteiger partial charge in [0.2, 0.25) is 0 Å². The molecule has 2 N–H and O–H groups in total. The van der Waals surface area contributed by atoms with Gasteiger partial charge in [0.05, 0.1) is 0 Å². The van der Waals surface area contributed by atoms with Gasteiger partial charge in [0, 0.05) is 0 Å². The van der Waals surface area contributed by atoms with Crippen molar-refractivity contribution in [3.63, 3.8) is 0 Å². The van der Waals surface area contributed by atoms with E-state index >= 15 is 0 Å². The Bertz CT molecular complexity index is 263. The van der Waals surface area contributed by atoms with Crippen molar-refractivity contribution in [2.45, 2.75) is 25.3 Å². The quantitative estimate of drug-likeness (QED) is 0.602. The molecular formula is C9H11NO3. The maximum Gasteiger partial charge on any atom is 0.326 e. The second kappa shape index (κ2) is 3.94. The van der Waals surface area contributed by atoms with Crippen molar-refractivity contribution in [2.24, 2.45) is 5.92 Å². The van der Waals surface area contributed by atoms with Gasteiger partial charge in [0.1, 0.15) is 6.04 Å². The number of terminal acetylenes is 1. The van der Waals surface area contributed by atoms with E-state index in [2.05, 4.69) is 5.32 Å². The third-order valence-electron chi connectivity index (χ3n) is 2.30. The van der Waals surface area contributed by atoms with Gasteiger partial charge in [-0.3, -0.25) is 4.79 Å². The molecule has 1 unspecified atom stereocenters. The Morgan fingerprint density at radius 2 is 2.15 bits per heavy atom. The van der Waals surface area contributed by atoms with Crippen molar-refractivity contribution in [3.8, 4) is 12.3 Å². The number of rotatable bonds is 3. The first-order chi connectivity index (χ1) is 6.15. The summed E-state index contributed by atoms with van der Waals surface area (Å²) in [6, 6.07) is -0.808. The monoisotopic (exact) mass is 181 g/mol. The molecule has 0 saturated heterocycles. The molecule has 0 aromatic rings. The van der Waals surface area contributed by atoms with Crippen molar-refractivity contribution in [1.82, 2.24) is 5.32 Å². The summed E-state index contributed by atoms with van der Waals surface area (Å²) >= 11 is 0. The molecular weight excluding hydrogens is 170 g/mol. The van der Waals surface area contributed by atoms with E-state index in [0.717, 1.165) is 19.3 Å². The topological polar surface area (TPSA) is 66.4 Å². The van der Waals surface area contributed by atoms with Crippen LogP contribution in [0.5, 0.6) is 0 Å². The lowest BCUT2D eigenvalue weighted by Crippen LogP contribution is -2.47. The summed E-state index contributed by atoms with van der Waals surface area (Å²) < 4.78 is 0. The minimum absolute atomic E-state index is 0.0507. The summed E-state index contributed by atoms with van der Waals surface area (Å²) in [6.07, 6.45) is 7.55. The first-order valence-electron chi connectivity index (χ1n) is 4.15. The van der Waals surface area contributed by atoms with Crippen LogP contribution < -0.4 is 5.32 Å². The molecule has 1 aliphatic carbocycles. The Morgan fingerprint density at radius 1 is 1.54 bits per heavy atom. The third-order valence-corrected chi connectivity index (χ3v) is 2.30. The number of carboxylic acids is 1. The van der Waals surface area contributed by atoms with Gasteiger partial charge in [-0.15, -0.1) is 6.42 Å². The van der Waals surface area contributed by atoms with Gasteiger partial charge >= 0.3 is 5.97 Å². The molecule has 4 heteroatoms. The number of hydrogen-bond donors (Lipinski definition) is 2. The van der Waals surface area contributed by atoms with E-state index < -0.39 is 17.9 Å². The molecule has 1 saturated carbocycles. The predicted octanol–water partition coefficient (Wildman–Crippen LogP) is -0.0109. The van der Waals surface area contributed by atoms with Crippen molar-refractivity contribution >= 4 is 11.9 Å². The summed E-state index contributed by atoms with van der Waals surface area (Å²) in [6.45, 7) is 0. The highest BCUT2D eigenvalue weighted by molar-refractivity contribution is 5.95. The van der Waals surface area contributed by atoms with Crippen molar-refractivity contribution in [3.05, 3.63) is 0 Å². The van der Waals surface area contributed by atoms with Crippen LogP contribution in [-0.4, -0.2) is 23.0 Å². The molecule has 13 heavy (non-hydrogen) atoms. The highest BCUT2D eigenvalue weighted by Crippen LogP contribution is 2.29. The Balaban J connectivity index is 2.53. The number of hydrogen-bond acceptors (Lipinski definition) is 2. The number of carbonyl (C=O) groups excluding carboxylic acids is 1.